The molecule has 0 bridgehead atoms. The molecule has 6 rings (SSSR count). The average Bonchev–Trinajstić information content (AvgIpc) is 3.57. The lowest BCUT2D eigenvalue weighted by molar-refractivity contribution is -0.110. The molecule has 1 amide bonds. The van der Waals surface area contributed by atoms with Gasteiger partial charge in [-0.1, -0.05) is 71.4 Å². The van der Waals surface area contributed by atoms with Crippen LogP contribution in [0.2, 0.25) is 10.0 Å². The van der Waals surface area contributed by atoms with E-state index in [-0.39, 0.29) is 5.91 Å². The summed E-state index contributed by atoms with van der Waals surface area (Å²) in [7, 11) is 4.18. The summed E-state index contributed by atoms with van der Waals surface area (Å²) in [6.07, 6.45) is 5.39. The molecular weight excluding hydrogens is 547 g/mol. The number of rotatable bonds is 6. The van der Waals surface area contributed by atoms with Crippen molar-refractivity contribution in [2.45, 2.75) is 6.42 Å². The number of fused-ring (bicyclic) bond motifs is 2. The number of amides is 1. The van der Waals surface area contributed by atoms with Gasteiger partial charge in [0, 0.05) is 51.4 Å². The molecule has 5 nitrogen and oxygen atoms in total. The number of thioether (sulfide) groups is 1. The fourth-order valence-corrected chi connectivity index (χ4v) is 6.97. The molecule has 0 radical (unpaired) electrons. The van der Waals surface area contributed by atoms with E-state index in [1.54, 1.807) is 17.8 Å². The Hall–Kier alpha value is -3.16. The summed E-state index contributed by atoms with van der Waals surface area (Å²) in [4.78, 5) is 18.9. The lowest BCUT2D eigenvalue weighted by Crippen LogP contribution is -2.25. The zero-order valence-corrected chi connectivity index (χ0v) is 24.1. The number of carbonyl (C=O) groups is 1. The number of hydrogen-bond acceptors (Lipinski definition) is 4. The molecular formula is C31H28Cl2N4OS. The minimum atomic E-state index is -0.0356. The number of para-hydroxylation sites is 2. The predicted molar refractivity (Wildman–Crippen MR) is 166 cm³/mol. The van der Waals surface area contributed by atoms with E-state index in [2.05, 4.69) is 64.3 Å². The Bertz CT molecular complexity index is 1660. The molecule has 2 aliphatic heterocycles. The van der Waals surface area contributed by atoms with Gasteiger partial charge in [-0.3, -0.25) is 4.79 Å². The number of benzene rings is 3. The van der Waals surface area contributed by atoms with Crippen LogP contribution in [0.4, 0.5) is 5.69 Å². The predicted octanol–water partition coefficient (Wildman–Crippen LogP) is 7.60. The fraction of sp³-hybridized carbons (Fsp3) is 0.194. The number of nitrogens with one attached hydrogen (secondary N) is 1. The van der Waals surface area contributed by atoms with Crippen molar-refractivity contribution in [3.8, 4) is 5.69 Å². The maximum Gasteiger partial charge on any atom is 0.259 e. The molecule has 8 heteroatoms. The van der Waals surface area contributed by atoms with Crippen molar-refractivity contribution in [1.29, 1.82) is 0 Å². The minimum Gasteiger partial charge on any atom is -0.361 e. The summed E-state index contributed by atoms with van der Waals surface area (Å²) >= 11 is 14.5. The summed E-state index contributed by atoms with van der Waals surface area (Å²) < 4.78 is 2.12. The number of halogens is 2. The van der Waals surface area contributed by atoms with Gasteiger partial charge in [0.1, 0.15) is 0 Å². The maximum atomic E-state index is 13.1. The highest BCUT2D eigenvalue weighted by molar-refractivity contribution is 8.07. The average molecular weight is 576 g/mol. The molecule has 0 spiro atoms. The first-order valence-corrected chi connectivity index (χ1v) is 14.4. The van der Waals surface area contributed by atoms with E-state index in [0.717, 1.165) is 70.1 Å². The van der Waals surface area contributed by atoms with Crippen LogP contribution in [-0.4, -0.2) is 54.0 Å². The van der Waals surface area contributed by atoms with Crippen LogP contribution in [-0.2, 0) is 4.79 Å². The molecule has 4 aromatic rings. The molecule has 39 heavy (non-hydrogen) atoms. The summed E-state index contributed by atoms with van der Waals surface area (Å²) in [6, 6.07) is 21.8. The first-order chi connectivity index (χ1) is 18.9. The molecule has 0 atom stereocenters. The first-order valence-electron chi connectivity index (χ1n) is 12.9. The summed E-state index contributed by atoms with van der Waals surface area (Å²) in [5.41, 5.74) is 5.67. The van der Waals surface area contributed by atoms with Crippen molar-refractivity contribution in [2.75, 3.05) is 39.0 Å². The Labute approximate surface area is 242 Å². The Morgan fingerprint density at radius 3 is 2.67 bits per heavy atom. The lowest BCUT2D eigenvalue weighted by Gasteiger charge is -2.21. The van der Waals surface area contributed by atoms with Crippen molar-refractivity contribution in [1.82, 2.24) is 14.4 Å². The number of carbonyl (C=O) groups excluding carboxylic acids is 1. The second kappa shape index (κ2) is 10.8. The van der Waals surface area contributed by atoms with Gasteiger partial charge in [0.25, 0.3) is 5.91 Å². The largest absolute Gasteiger partial charge is 0.361 e. The molecule has 3 aromatic carbocycles. The van der Waals surface area contributed by atoms with Crippen LogP contribution in [0.3, 0.4) is 0 Å². The van der Waals surface area contributed by atoms with Gasteiger partial charge in [0.05, 0.1) is 26.8 Å². The van der Waals surface area contributed by atoms with E-state index in [4.69, 9.17) is 23.2 Å². The Balaban J connectivity index is 1.42. The topological polar surface area (TPSA) is 40.5 Å². The van der Waals surface area contributed by atoms with Crippen LogP contribution in [0.5, 0.6) is 0 Å². The van der Waals surface area contributed by atoms with Crippen LogP contribution in [0.15, 0.2) is 82.9 Å². The van der Waals surface area contributed by atoms with Crippen molar-refractivity contribution < 1.29 is 4.79 Å². The number of anilines is 1. The molecule has 1 N–H and O–H groups in total. The molecule has 0 saturated carbocycles. The van der Waals surface area contributed by atoms with Gasteiger partial charge in [0.15, 0.2) is 0 Å². The van der Waals surface area contributed by atoms with Crippen LogP contribution in [0.25, 0.3) is 28.2 Å². The van der Waals surface area contributed by atoms with Crippen LogP contribution < -0.4 is 5.32 Å². The van der Waals surface area contributed by atoms with Gasteiger partial charge in [0.2, 0.25) is 0 Å². The Kier molecular flexibility index (Phi) is 7.21. The number of aromatic nitrogens is 1. The van der Waals surface area contributed by atoms with Gasteiger partial charge >= 0.3 is 0 Å². The van der Waals surface area contributed by atoms with Crippen molar-refractivity contribution >= 4 is 69.1 Å². The standard InChI is InChI=1S/C31H28Cl2N4OS/c1-35(2)14-7-15-36-19-22(39-31(36)29-24-9-3-5-10-26(24)34-30(29)38)16-20-18-37(27-11-6-4-8-23(20)27)28-13-12-21(32)17-25(28)33/h3-6,8-13,16-18H,7,14-15,19H2,1-2H3,(H,34,38). The monoisotopic (exact) mass is 574 g/mol. The Morgan fingerprint density at radius 1 is 1.05 bits per heavy atom. The van der Waals surface area contributed by atoms with E-state index in [1.807, 2.05) is 42.5 Å². The SMILES string of the molecule is CN(C)CCCN1CC(=Cc2cn(-c3ccc(Cl)cc3Cl)c3ccccc23)SC1=C1C(=O)Nc2ccccc21. The quantitative estimate of drug-likeness (QED) is 0.241. The van der Waals surface area contributed by atoms with E-state index in [1.165, 1.54) is 4.91 Å². The second-order valence-corrected chi connectivity index (χ2v) is 12.0. The van der Waals surface area contributed by atoms with Crippen molar-refractivity contribution in [3.05, 3.63) is 104 Å². The van der Waals surface area contributed by atoms with E-state index >= 15 is 0 Å². The number of hydrogen-bond donors (Lipinski definition) is 1. The van der Waals surface area contributed by atoms with E-state index in [9.17, 15) is 4.79 Å². The Morgan fingerprint density at radius 2 is 1.85 bits per heavy atom. The second-order valence-electron chi connectivity index (χ2n) is 10.0. The summed E-state index contributed by atoms with van der Waals surface area (Å²) in [6.45, 7) is 2.62. The van der Waals surface area contributed by atoms with Gasteiger partial charge in [-0.05, 0) is 63.5 Å². The lowest BCUT2D eigenvalue weighted by atomic mass is 10.1. The van der Waals surface area contributed by atoms with Gasteiger partial charge in [-0.2, -0.15) is 0 Å². The molecule has 198 valence electrons. The fourth-order valence-electron chi connectivity index (χ4n) is 5.22. The van der Waals surface area contributed by atoms with Crippen LogP contribution >= 0.6 is 35.0 Å². The first kappa shape index (κ1) is 26.1. The zero-order chi connectivity index (χ0) is 27.1. The summed E-state index contributed by atoms with van der Waals surface area (Å²) in [5.74, 6) is -0.0356. The van der Waals surface area contributed by atoms with Crippen LogP contribution in [0, 0.1) is 0 Å². The molecule has 1 fully saturated rings. The third-order valence-electron chi connectivity index (χ3n) is 7.01. The highest BCUT2D eigenvalue weighted by atomic mass is 35.5. The third-order valence-corrected chi connectivity index (χ3v) is 8.71. The van der Waals surface area contributed by atoms with E-state index in [0.29, 0.717) is 10.0 Å². The van der Waals surface area contributed by atoms with E-state index < -0.39 is 0 Å². The minimum absolute atomic E-state index is 0.0356. The summed E-state index contributed by atoms with van der Waals surface area (Å²) in [5, 5.41) is 6.42. The van der Waals surface area contributed by atoms with Gasteiger partial charge in [-0.15, -0.1) is 0 Å². The van der Waals surface area contributed by atoms with Gasteiger partial charge in [-0.25, -0.2) is 0 Å². The third kappa shape index (κ3) is 5.10. The molecule has 1 aromatic heterocycles. The molecule has 2 aliphatic rings. The highest BCUT2D eigenvalue weighted by Crippen LogP contribution is 2.46. The van der Waals surface area contributed by atoms with Gasteiger partial charge < -0.3 is 19.7 Å². The van der Waals surface area contributed by atoms with Crippen LogP contribution in [0.1, 0.15) is 17.5 Å². The van der Waals surface area contributed by atoms with Crippen molar-refractivity contribution in [3.63, 3.8) is 0 Å². The maximum absolute atomic E-state index is 13.1. The number of nitrogens with zero attached hydrogens (tertiary/aromatic N) is 3. The van der Waals surface area contributed by atoms with Crippen molar-refractivity contribution in [2.24, 2.45) is 0 Å². The molecule has 3 heterocycles. The normalized spacial score (nSPS) is 18.0. The smallest absolute Gasteiger partial charge is 0.259 e. The molecule has 1 saturated heterocycles. The molecule has 0 aliphatic carbocycles. The highest BCUT2D eigenvalue weighted by Gasteiger charge is 2.33. The molecule has 0 unspecified atom stereocenters. The zero-order valence-electron chi connectivity index (χ0n) is 21.7.